The van der Waals surface area contributed by atoms with E-state index >= 15 is 0 Å². The first-order valence-corrected chi connectivity index (χ1v) is 6.49. The number of rotatable bonds is 6. The highest BCUT2D eigenvalue weighted by Gasteiger charge is 2.04. The second-order valence-electron chi connectivity index (χ2n) is 4.80. The van der Waals surface area contributed by atoms with Crippen molar-refractivity contribution in [3.05, 3.63) is 29.8 Å². The van der Waals surface area contributed by atoms with Crippen molar-refractivity contribution in [2.24, 2.45) is 5.92 Å². The molecule has 0 radical (unpaired) electrons. The van der Waals surface area contributed by atoms with Gasteiger partial charge in [0.2, 0.25) is 0 Å². The topological polar surface area (TPSA) is 21.3 Å². The molecule has 1 aromatic carbocycles. The van der Waals surface area contributed by atoms with Crippen LogP contribution in [-0.2, 0) is 0 Å². The second kappa shape index (κ2) is 7.79. The van der Waals surface area contributed by atoms with Gasteiger partial charge in [0.15, 0.2) is 0 Å². The van der Waals surface area contributed by atoms with Crippen LogP contribution in [0.4, 0.5) is 0 Å². The smallest absolute Gasteiger partial charge is 0.119 e. The van der Waals surface area contributed by atoms with Crippen LogP contribution in [0, 0.1) is 17.8 Å². The van der Waals surface area contributed by atoms with Gasteiger partial charge < -0.3 is 4.74 Å². The Hall–Kier alpha value is -1.46. The lowest BCUT2D eigenvalue weighted by Gasteiger charge is -2.13. The summed E-state index contributed by atoms with van der Waals surface area (Å²) in [6, 6.07) is 8.58. The van der Waals surface area contributed by atoms with Crippen LogP contribution < -0.4 is 10.1 Å². The van der Waals surface area contributed by atoms with Crippen molar-refractivity contribution < 1.29 is 4.74 Å². The third kappa shape index (κ3) is 5.25. The summed E-state index contributed by atoms with van der Waals surface area (Å²) in [5, 5.41) is 3.36. The summed E-state index contributed by atoms with van der Waals surface area (Å²) in [6.45, 7) is 9.78. The van der Waals surface area contributed by atoms with Crippen LogP contribution in [-0.4, -0.2) is 13.2 Å². The van der Waals surface area contributed by atoms with Crippen molar-refractivity contribution >= 4 is 0 Å². The first kappa shape index (κ1) is 14.6. The molecule has 0 heterocycles. The van der Waals surface area contributed by atoms with Crippen molar-refractivity contribution in [2.45, 2.75) is 33.7 Å². The number of hydrogen-bond donors (Lipinski definition) is 1. The van der Waals surface area contributed by atoms with Gasteiger partial charge in [-0.1, -0.05) is 31.9 Å². The van der Waals surface area contributed by atoms with Crippen molar-refractivity contribution in [3.8, 4) is 17.6 Å². The Kier molecular flexibility index (Phi) is 6.32. The van der Waals surface area contributed by atoms with Crippen molar-refractivity contribution in [3.63, 3.8) is 0 Å². The molecule has 0 aliphatic heterocycles. The molecule has 18 heavy (non-hydrogen) atoms. The number of benzene rings is 1. The second-order valence-corrected chi connectivity index (χ2v) is 4.80. The Morgan fingerprint density at radius 3 is 2.39 bits per heavy atom. The Bertz CT molecular complexity index is 397. The molecule has 0 spiro atoms. The molecule has 0 aliphatic rings. The third-order valence-corrected chi connectivity index (χ3v) is 2.64. The van der Waals surface area contributed by atoms with Gasteiger partial charge >= 0.3 is 0 Å². The summed E-state index contributed by atoms with van der Waals surface area (Å²) >= 11 is 0. The molecule has 1 atom stereocenters. The molecular weight excluding hydrogens is 222 g/mol. The highest BCUT2D eigenvalue weighted by atomic mass is 16.5. The van der Waals surface area contributed by atoms with E-state index in [1.54, 1.807) is 0 Å². The predicted octanol–water partition coefficient (Wildman–Crippen LogP) is 3.40. The lowest BCUT2D eigenvalue weighted by molar-refractivity contribution is 0.271. The minimum absolute atomic E-state index is 0.310. The molecule has 1 unspecified atom stereocenters. The normalized spacial score (nSPS) is 11.8. The van der Waals surface area contributed by atoms with E-state index in [0.717, 1.165) is 18.9 Å². The molecule has 0 saturated heterocycles. The Balaban J connectivity index is 2.50. The minimum Gasteiger partial charge on any atom is -0.493 e. The Labute approximate surface area is 111 Å². The fourth-order valence-electron chi connectivity index (χ4n) is 1.53. The monoisotopic (exact) mass is 245 g/mol. The minimum atomic E-state index is 0.310. The van der Waals surface area contributed by atoms with Crippen LogP contribution in [0.5, 0.6) is 5.75 Å². The summed E-state index contributed by atoms with van der Waals surface area (Å²) < 4.78 is 5.66. The number of nitrogens with one attached hydrogen (secondary N) is 1. The zero-order chi connectivity index (χ0) is 13.4. The van der Waals surface area contributed by atoms with Crippen molar-refractivity contribution in [1.82, 2.24) is 5.32 Å². The van der Waals surface area contributed by atoms with E-state index < -0.39 is 0 Å². The van der Waals surface area contributed by atoms with E-state index in [9.17, 15) is 0 Å². The zero-order valence-corrected chi connectivity index (χ0v) is 11.8. The molecule has 0 saturated carbocycles. The molecule has 1 aromatic rings. The maximum atomic E-state index is 5.66. The molecule has 0 amide bonds. The Morgan fingerprint density at radius 2 is 1.83 bits per heavy atom. The maximum absolute atomic E-state index is 5.66. The van der Waals surface area contributed by atoms with Crippen LogP contribution in [0.2, 0.25) is 0 Å². The summed E-state index contributed by atoms with van der Waals surface area (Å²) in [6.07, 6.45) is 0. The fourth-order valence-corrected chi connectivity index (χ4v) is 1.53. The third-order valence-electron chi connectivity index (χ3n) is 2.64. The zero-order valence-electron chi connectivity index (χ0n) is 11.8. The average molecular weight is 245 g/mol. The molecule has 0 aromatic heterocycles. The average Bonchev–Trinajstić information content (AvgIpc) is 2.37. The van der Waals surface area contributed by atoms with Crippen LogP contribution in [0.15, 0.2) is 24.3 Å². The van der Waals surface area contributed by atoms with E-state index in [1.807, 2.05) is 19.1 Å². The highest BCUT2D eigenvalue weighted by molar-refractivity contribution is 5.29. The van der Waals surface area contributed by atoms with Crippen LogP contribution in [0.1, 0.15) is 39.3 Å². The Morgan fingerprint density at radius 1 is 1.17 bits per heavy atom. The lowest BCUT2D eigenvalue weighted by atomic mass is 10.1. The molecular formula is C16H23NO. The van der Waals surface area contributed by atoms with Crippen molar-refractivity contribution in [1.29, 1.82) is 0 Å². The van der Waals surface area contributed by atoms with E-state index in [2.05, 4.69) is 50.1 Å². The van der Waals surface area contributed by atoms with Gasteiger partial charge in [-0.3, -0.25) is 5.32 Å². The molecule has 0 fully saturated rings. The molecule has 2 heteroatoms. The molecule has 0 aliphatic carbocycles. The van der Waals surface area contributed by atoms with E-state index in [0.29, 0.717) is 12.0 Å². The number of ether oxygens (including phenoxy) is 1. The summed E-state index contributed by atoms with van der Waals surface area (Å²) in [4.78, 5) is 0. The summed E-state index contributed by atoms with van der Waals surface area (Å²) in [5.41, 5.74) is 1.25. The molecule has 98 valence electrons. The predicted molar refractivity (Wildman–Crippen MR) is 76.6 cm³/mol. The number of hydrogen-bond acceptors (Lipinski definition) is 2. The van der Waals surface area contributed by atoms with E-state index in [1.165, 1.54) is 5.56 Å². The van der Waals surface area contributed by atoms with Crippen LogP contribution >= 0.6 is 0 Å². The van der Waals surface area contributed by atoms with Gasteiger partial charge in [0, 0.05) is 6.04 Å². The lowest BCUT2D eigenvalue weighted by Crippen LogP contribution is -2.18. The van der Waals surface area contributed by atoms with E-state index in [4.69, 9.17) is 4.74 Å². The van der Waals surface area contributed by atoms with Gasteiger partial charge in [0.1, 0.15) is 5.75 Å². The van der Waals surface area contributed by atoms with Gasteiger partial charge in [0.25, 0.3) is 0 Å². The molecule has 1 N–H and O–H groups in total. The van der Waals surface area contributed by atoms with Gasteiger partial charge in [-0.25, -0.2) is 0 Å². The SMILES string of the molecule is CC#CCNC(C)c1ccc(OCC(C)C)cc1. The standard InChI is InChI=1S/C16H23NO/c1-5-6-11-17-14(4)15-7-9-16(10-8-15)18-12-13(2)3/h7-10,13-14,17H,11-12H2,1-4H3. The fraction of sp³-hybridized carbons (Fsp3) is 0.500. The van der Waals surface area contributed by atoms with Crippen LogP contribution in [0.25, 0.3) is 0 Å². The van der Waals surface area contributed by atoms with Gasteiger partial charge in [-0.2, -0.15) is 0 Å². The molecule has 1 rings (SSSR count). The first-order chi connectivity index (χ1) is 8.63. The molecule has 0 bridgehead atoms. The van der Waals surface area contributed by atoms with E-state index in [-0.39, 0.29) is 0 Å². The van der Waals surface area contributed by atoms with Gasteiger partial charge in [-0.05, 0) is 37.5 Å². The summed E-state index contributed by atoms with van der Waals surface area (Å²) in [5.74, 6) is 7.38. The first-order valence-electron chi connectivity index (χ1n) is 6.49. The summed E-state index contributed by atoms with van der Waals surface area (Å²) in [7, 11) is 0. The van der Waals surface area contributed by atoms with Crippen molar-refractivity contribution in [2.75, 3.05) is 13.2 Å². The van der Waals surface area contributed by atoms with Gasteiger partial charge in [0.05, 0.1) is 13.2 Å². The highest BCUT2D eigenvalue weighted by Crippen LogP contribution is 2.17. The maximum Gasteiger partial charge on any atom is 0.119 e. The quantitative estimate of drug-likeness (QED) is 0.776. The van der Waals surface area contributed by atoms with Crippen LogP contribution in [0.3, 0.4) is 0 Å². The molecule has 2 nitrogen and oxygen atoms in total. The largest absolute Gasteiger partial charge is 0.493 e. The van der Waals surface area contributed by atoms with Gasteiger partial charge in [-0.15, -0.1) is 5.92 Å².